The van der Waals surface area contributed by atoms with E-state index in [4.69, 9.17) is 15.4 Å². The zero-order valence-corrected chi connectivity index (χ0v) is 14.0. The average molecular weight is 329 g/mol. The molecule has 2 atom stereocenters. The SMILES string of the molecule is CCC(C)c1cc(S(=O)(=O)Cl)ccc1OC1C=CCCC1. The van der Waals surface area contributed by atoms with Crippen LogP contribution in [0.15, 0.2) is 35.2 Å². The Labute approximate surface area is 131 Å². The lowest BCUT2D eigenvalue weighted by atomic mass is 9.97. The van der Waals surface area contributed by atoms with Crippen molar-refractivity contribution in [3.05, 3.63) is 35.9 Å². The molecule has 0 N–H and O–H groups in total. The number of ether oxygens (including phenoxy) is 1. The second-order valence-corrected chi connectivity index (χ2v) is 8.03. The van der Waals surface area contributed by atoms with Crippen molar-refractivity contribution < 1.29 is 13.2 Å². The highest BCUT2D eigenvalue weighted by atomic mass is 35.7. The maximum absolute atomic E-state index is 11.5. The summed E-state index contributed by atoms with van der Waals surface area (Å²) in [6.07, 6.45) is 8.40. The fourth-order valence-corrected chi connectivity index (χ4v) is 3.22. The first-order valence-corrected chi connectivity index (χ1v) is 9.64. The summed E-state index contributed by atoms with van der Waals surface area (Å²) in [7, 11) is 1.73. The van der Waals surface area contributed by atoms with Gasteiger partial charge in [0.2, 0.25) is 0 Å². The van der Waals surface area contributed by atoms with Gasteiger partial charge in [-0.2, -0.15) is 0 Å². The topological polar surface area (TPSA) is 43.4 Å². The molecule has 0 saturated carbocycles. The van der Waals surface area contributed by atoms with Gasteiger partial charge in [-0.15, -0.1) is 0 Å². The highest BCUT2D eigenvalue weighted by molar-refractivity contribution is 8.13. The van der Waals surface area contributed by atoms with Crippen molar-refractivity contribution in [2.75, 3.05) is 0 Å². The molecule has 116 valence electrons. The van der Waals surface area contributed by atoms with Crippen molar-refractivity contribution in [1.29, 1.82) is 0 Å². The van der Waals surface area contributed by atoms with E-state index in [1.807, 2.05) is 0 Å². The first-order valence-electron chi connectivity index (χ1n) is 7.33. The van der Waals surface area contributed by atoms with Gasteiger partial charge < -0.3 is 4.74 Å². The molecule has 1 aliphatic rings. The molecule has 0 saturated heterocycles. The molecule has 2 rings (SSSR count). The van der Waals surface area contributed by atoms with Gasteiger partial charge in [-0.25, -0.2) is 8.42 Å². The molecular formula is C16H21ClO3S. The summed E-state index contributed by atoms with van der Waals surface area (Å²) >= 11 is 0. The van der Waals surface area contributed by atoms with Crippen LogP contribution in [0, 0.1) is 0 Å². The molecule has 2 unspecified atom stereocenters. The lowest BCUT2D eigenvalue weighted by Crippen LogP contribution is -2.17. The number of hydrogen-bond acceptors (Lipinski definition) is 3. The van der Waals surface area contributed by atoms with Crippen LogP contribution < -0.4 is 4.74 Å². The summed E-state index contributed by atoms with van der Waals surface area (Å²) in [6.45, 7) is 4.13. The zero-order valence-electron chi connectivity index (χ0n) is 12.4. The van der Waals surface area contributed by atoms with Crippen LogP contribution in [0.4, 0.5) is 0 Å². The van der Waals surface area contributed by atoms with Crippen LogP contribution >= 0.6 is 10.7 Å². The van der Waals surface area contributed by atoms with Crippen LogP contribution in [-0.2, 0) is 9.05 Å². The van der Waals surface area contributed by atoms with Gasteiger partial charge in [0.15, 0.2) is 0 Å². The van der Waals surface area contributed by atoms with Gasteiger partial charge in [-0.3, -0.25) is 0 Å². The Morgan fingerprint density at radius 2 is 2.19 bits per heavy atom. The van der Waals surface area contributed by atoms with Crippen LogP contribution in [-0.4, -0.2) is 14.5 Å². The molecule has 0 heterocycles. The lowest BCUT2D eigenvalue weighted by molar-refractivity contribution is 0.226. The Morgan fingerprint density at radius 1 is 1.43 bits per heavy atom. The standard InChI is InChI=1S/C16H21ClO3S/c1-3-12(2)15-11-14(21(17,18)19)9-10-16(15)20-13-7-5-4-6-8-13/h5,7,9-13H,3-4,6,8H2,1-2H3. The van der Waals surface area contributed by atoms with E-state index in [1.165, 1.54) is 6.07 Å². The van der Waals surface area contributed by atoms with Gasteiger partial charge in [-0.1, -0.05) is 19.9 Å². The predicted molar refractivity (Wildman–Crippen MR) is 85.6 cm³/mol. The summed E-state index contributed by atoms with van der Waals surface area (Å²) in [5.74, 6) is 0.968. The van der Waals surface area contributed by atoms with Crippen LogP contribution in [0.25, 0.3) is 0 Å². The van der Waals surface area contributed by atoms with Crippen molar-refractivity contribution in [2.24, 2.45) is 0 Å². The number of benzene rings is 1. The molecule has 5 heteroatoms. The van der Waals surface area contributed by atoms with E-state index in [0.717, 1.165) is 37.0 Å². The van der Waals surface area contributed by atoms with Gasteiger partial charge >= 0.3 is 0 Å². The Balaban J connectivity index is 2.35. The summed E-state index contributed by atoms with van der Waals surface area (Å²) in [6, 6.07) is 4.87. The van der Waals surface area contributed by atoms with E-state index in [9.17, 15) is 8.42 Å². The molecule has 3 nitrogen and oxygen atoms in total. The van der Waals surface area contributed by atoms with Crippen LogP contribution in [0.2, 0.25) is 0 Å². The highest BCUT2D eigenvalue weighted by Crippen LogP contribution is 2.33. The summed E-state index contributed by atoms with van der Waals surface area (Å²) in [5, 5.41) is 0. The maximum Gasteiger partial charge on any atom is 0.261 e. The van der Waals surface area contributed by atoms with Gasteiger partial charge in [0.1, 0.15) is 11.9 Å². The first kappa shape index (κ1) is 16.4. The quantitative estimate of drug-likeness (QED) is 0.585. The Morgan fingerprint density at radius 3 is 2.76 bits per heavy atom. The van der Waals surface area contributed by atoms with E-state index in [2.05, 4.69) is 26.0 Å². The third-order valence-electron chi connectivity index (χ3n) is 3.89. The van der Waals surface area contributed by atoms with Gasteiger partial charge in [0, 0.05) is 10.7 Å². The van der Waals surface area contributed by atoms with Gasteiger partial charge in [0.05, 0.1) is 4.90 Å². The van der Waals surface area contributed by atoms with Crippen molar-refractivity contribution in [1.82, 2.24) is 0 Å². The van der Waals surface area contributed by atoms with E-state index < -0.39 is 9.05 Å². The second-order valence-electron chi connectivity index (χ2n) is 5.46. The smallest absolute Gasteiger partial charge is 0.261 e. The molecule has 0 bridgehead atoms. The molecule has 21 heavy (non-hydrogen) atoms. The molecule has 1 aliphatic carbocycles. The largest absolute Gasteiger partial charge is 0.486 e. The summed E-state index contributed by atoms with van der Waals surface area (Å²) in [5.41, 5.74) is 0.901. The van der Waals surface area contributed by atoms with E-state index >= 15 is 0 Å². The molecule has 1 aromatic carbocycles. The van der Waals surface area contributed by atoms with Crippen molar-refractivity contribution in [3.63, 3.8) is 0 Å². The fourth-order valence-electron chi connectivity index (χ4n) is 2.43. The molecule has 0 aromatic heterocycles. The molecular weight excluding hydrogens is 308 g/mol. The van der Waals surface area contributed by atoms with Gasteiger partial charge in [0.25, 0.3) is 9.05 Å². The first-order chi connectivity index (χ1) is 9.91. The summed E-state index contributed by atoms with van der Waals surface area (Å²) < 4.78 is 29.1. The summed E-state index contributed by atoms with van der Waals surface area (Å²) in [4.78, 5) is 0.131. The van der Waals surface area contributed by atoms with Crippen LogP contribution in [0.5, 0.6) is 5.75 Å². The fraction of sp³-hybridized carbons (Fsp3) is 0.500. The van der Waals surface area contributed by atoms with Crippen LogP contribution in [0.3, 0.4) is 0 Å². The monoisotopic (exact) mass is 328 g/mol. The molecule has 0 aliphatic heterocycles. The van der Waals surface area contributed by atoms with Crippen LogP contribution in [0.1, 0.15) is 51.0 Å². The minimum absolute atomic E-state index is 0.0695. The van der Waals surface area contributed by atoms with E-state index in [0.29, 0.717) is 0 Å². The minimum Gasteiger partial charge on any atom is -0.486 e. The Bertz CT molecular complexity index is 622. The lowest BCUT2D eigenvalue weighted by Gasteiger charge is -2.22. The predicted octanol–water partition coefficient (Wildman–Crippen LogP) is 4.62. The molecule has 0 spiro atoms. The number of hydrogen-bond donors (Lipinski definition) is 0. The Kier molecular flexibility index (Phi) is 5.33. The number of halogens is 1. The zero-order chi connectivity index (χ0) is 15.5. The minimum atomic E-state index is -3.71. The van der Waals surface area contributed by atoms with Crippen molar-refractivity contribution in [2.45, 2.75) is 56.4 Å². The van der Waals surface area contributed by atoms with Gasteiger partial charge in [-0.05, 0) is 61.4 Å². The molecule has 0 radical (unpaired) electrons. The third-order valence-corrected chi connectivity index (χ3v) is 5.25. The van der Waals surface area contributed by atoms with E-state index in [-0.39, 0.29) is 16.9 Å². The Hall–Kier alpha value is -1.00. The highest BCUT2D eigenvalue weighted by Gasteiger charge is 2.19. The van der Waals surface area contributed by atoms with Crippen molar-refractivity contribution in [3.8, 4) is 5.75 Å². The average Bonchev–Trinajstić information content (AvgIpc) is 2.47. The molecule has 1 aromatic rings. The number of allylic oxidation sites excluding steroid dienone is 1. The van der Waals surface area contributed by atoms with Crippen molar-refractivity contribution >= 4 is 19.7 Å². The second kappa shape index (κ2) is 6.84. The molecule has 0 amide bonds. The maximum atomic E-state index is 11.5. The molecule has 0 fully saturated rings. The van der Waals surface area contributed by atoms with E-state index in [1.54, 1.807) is 12.1 Å². The number of rotatable bonds is 5. The third kappa shape index (κ3) is 4.24. The normalized spacial score (nSPS) is 20.2.